The van der Waals surface area contributed by atoms with Gasteiger partial charge in [0.1, 0.15) is 22.7 Å². The van der Waals surface area contributed by atoms with E-state index in [2.05, 4.69) is 43.7 Å². The number of nitrogens with one attached hydrogen (secondary N) is 1. The van der Waals surface area contributed by atoms with Crippen molar-refractivity contribution in [1.29, 1.82) is 0 Å². The number of halogens is 3. The number of alkyl halides is 3. The van der Waals surface area contributed by atoms with Gasteiger partial charge in [0.25, 0.3) is 0 Å². The van der Waals surface area contributed by atoms with Crippen molar-refractivity contribution in [3.05, 3.63) is 36.3 Å². The highest BCUT2D eigenvalue weighted by Gasteiger charge is 2.34. The fourth-order valence-corrected chi connectivity index (χ4v) is 6.03. The maximum absolute atomic E-state index is 13.8. The number of hydrogen-bond acceptors (Lipinski definition) is 11. The van der Waals surface area contributed by atoms with Gasteiger partial charge in [0.05, 0.1) is 43.5 Å². The van der Waals surface area contributed by atoms with Crippen LogP contribution in [0.2, 0.25) is 0 Å². The van der Waals surface area contributed by atoms with Crippen LogP contribution in [0.5, 0.6) is 5.88 Å². The van der Waals surface area contributed by atoms with E-state index in [9.17, 15) is 18.0 Å². The largest absolute Gasteiger partial charge is 0.480 e. The standard InChI is InChI=1S/C32H40F3N9O4/c1-7-48-26-11-20(10-24(39-26)32(33,34)35)21-12-23(42(5)17-31(3,4)18-47-6)28-30(38-21)41-29(40-28)22-13-37-25(14-36-22)44-9-8-43(15-19(44)2)16-27(45)46/h10-14,19H,7-9,15-18H2,1-6H3,(H,45,46)(H,38,40,41)/t19-/m1/s1. The Balaban J connectivity index is 1.53. The molecule has 0 spiro atoms. The van der Waals surface area contributed by atoms with E-state index in [1.807, 2.05) is 23.8 Å². The summed E-state index contributed by atoms with van der Waals surface area (Å²) >= 11 is 0. The van der Waals surface area contributed by atoms with Gasteiger partial charge in [0, 0.05) is 63.4 Å². The lowest BCUT2D eigenvalue weighted by molar-refractivity contribution is -0.141. The molecule has 4 aromatic rings. The highest BCUT2D eigenvalue weighted by Crippen LogP contribution is 2.36. The molecule has 0 aromatic carbocycles. The Morgan fingerprint density at radius 3 is 2.50 bits per heavy atom. The molecule has 4 aromatic heterocycles. The number of carbonyl (C=O) groups is 1. The number of carboxylic acid groups (broad SMARTS) is 1. The number of ether oxygens (including phenoxy) is 2. The number of rotatable bonds is 12. The molecule has 5 rings (SSSR count). The number of piperazine rings is 1. The highest BCUT2D eigenvalue weighted by atomic mass is 19.4. The average Bonchev–Trinajstić information content (AvgIpc) is 3.44. The number of hydrogen-bond donors (Lipinski definition) is 2. The lowest BCUT2D eigenvalue weighted by Gasteiger charge is -2.39. The average molecular weight is 672 g/mol. The van der Waals surface area contributed by atoms with Crippen LogP contribution in [0.3, 0.4) is 0 Å². The minimum absolute atomic E-state index is 0.00993. The van der Waals surface area contributed by atoms with E-state index in [0.29, 0.717) is 61.3 Å². The minimum Gasteiger partial charge on any atom is -0.480 e. The number of nitrogens with zero attached hydrogens (tertiary/aromatic N) is 8. The SMILES string of the molecule is CCOc1cc(-c2cc(N(C)CC(C)(C)COC)c3[nH]c(-c4cnc(N5CCN(CC(=O)O)C[C@H]5C)cn4)nc3n2)cc(C(F)(F)F)n1. The Hall–Kier alpha value is -4.57. The van der Waals surface area contributed by atoms with E-state index in [1.54, 1.807) is 32.5 Å². The summed E-state index contributed by atoms with van der Waals surface area (Å²) in [6, 6.07) is 4.14. The summed E-state index contributed by atoms with van der Waals surface area (Å²) in [6.45, 7) is 10.7. The van der Waals surface area contributed by atoms with Crippen LogP contribution in [0.4, 0.5) is 24.7 Å². The molecule has 0 radical (unpaired) electrons. The Kier molecular flexibility index (Phi) is 10.1. The maximum atomic E-state index is 13.8. The van der Waals surface area contributed by atoms with Gasteiger partial charge in [-0.15, -0.1) is 0 Å². The summed E-state index contributed by atoms with van der Waals surface area (Å²) in [6.07, 6.45) is -1.44. The molecule has 48 heavy (non-hydrogen) atoms. The number of carboxylic acids is 1. The summed E-state index contributed by atoms with van der Waals surface area (Å²) in [5, 5.41) is 9.14. The van der Waals surface area contributed by atoms with Crippen LogP contribution in [0.25, 0.3) is 33.9 Å². The summed E-state index contributed by atoms with van der Waals surface area (Å²) in [5.41, 5.74) is 1.07. The summed E-state index contributed by atoms with van der Waals surface area (Å²) < 4.78 is 52.3. The number of aromatic amines is 1. The third-order valence-corrected chi connectivity index (χ3v) is 7.98. The zero-order valence-electron chi connectivity index (χ0n) is 27.8. The predicted octanol–water partition coefficient (Wildman–Crippen LogP) is 4.60. The first-order valence-corrected chi connectivity index (χ1v) is 15.5. The molecule has 2 N–H and O–H groups in total. The van der Waals surface area contributed by atoms with Crippen molar-refractivity contribution in [2.75, 3.05) is 69.9 Å². The first kappa shape index (κ1) is 34.8. The normalized spacial score (nSPS) is 16.0. The van der Waals surface area contributed by atoms with Gasteiger partial charge in [-0.1, -0.05) is 13.8 Å². The second-order valence-electron chi connectivity index (χ2n) is 12.7. The molecule has 13 nitrogen and oxygen atoms in total. The molecule has 1 aliphatic heterocycles. The van der Waals surface area contributed by atoms with Crippen molar-refractivity contribution in [1.82, 2.24) is 34.8 Å². The van der Waals surface area contributed by atoms with Gasteiger partial charge in [-0.3, -0.25) is 9.69 Å². The number of aromatic nitrogens is 6. The van der Waals surface area contributed by atoms with Gasteiger partial charge in [-0.25, -0.2) is 24.9 Å². The number of aliphatic carboxylic acids is 1. The van der Waals surface area contributed by atoms with Crippen molar-refractivity contribution >= 4 is 28.6 Å². The van der Waals surface area contributed by atoms with E-state index in [1.165, 1.54) is 6.07 Å². The molecule has 0 saturated carbocycles. The highest BCUT2D eigenvalue weighted by molar-refractivity contribution is 5.91. The molecule has 5 heterocycles. The molecule has 1 fully saturated rings. The van der Waals surface area contributed by atoms with E-state index in [0.717, 1.165) is 6.07 Å². The van der Waals surface area contributed by atoms with Crippen LogP contribution in [0, 0.1) is 5.41 Å². The molecular weight excluding hydrogens is 631 g/mol. The van der Waals surface area contributed by atoms with E-state index in [4.69, 9.17) is 19.6 Å². The molecule has 1 saturated heterocycles. The van der Waals surface area contributed by atoms with Crippen LogP contribution in [0.15, 0.2) is 30.6 Å². The first-order valence-electron chi connectivity index (χ1n) is 15.5. The summed E-state index contributed by atoms with van der Waals surface area (Å²) in [7, 11) is 3.53. The molecule has 0 aliphatic carbocycles. The molecule has 0 bridgehead atoms. The predicted molar refractivity (Wildman–Crippen MR) is 174 cm³/mol. The van der Waals surface area contributed by atoms with Gasteiger partial charge in [-0.2, -0.15) is 13.2 Å². The number of imidazole rings is 1. The molecule has 1 atom stereocenters. The number of methoxy groups -OCH3 is 1. The number of anilines is 2. The molecule has 258 valence electrons. The lowest BCUT2D eigenvalue weighted by Crippen LogP contribution is -2.53. The zero-order chi connectivity index (χ0) is 34.8. The third kappa shape index (κ3) is 7.93. The van der Waals surface area contributed by atoms with Crippen LogP contribution in [0.1, 0.15) is 33.4 Å². The monoisotopic (exact) mass is 671 g/mol. The van der Waals surface area contributed by atoms with Crippen LogP contribution in [-0.4, -0.2) is 112 Å². The lowest BCUT2D eigenvalue weighted by atomic mass is 9.94. The molecule has 16 heteroatoms. The van der Waals surface area contributed by atoms with Gasteiger partial charge in [0.15, 0.2) is 11.5 Å². The van der Waals surface area contributed by atoms with Crippen LogP contribution >= 0.6 is 0 Å². The minimum atomic E-state index is -4.69. The second-order valence-corrected chi connectivity index (χ2v) is 12.7. The Labute approximate surface area is 276 Å². The summed E-state index contributed by atoms with van der Waals surface area (Å²) in [5.74, 6) is 0.0276. The quantitative estimate of drug-likeness (QED) is 0.217. The molecular formula is C32H40F3N9O4. The molecule has 0 unspecified atom stereocenters. The molecule has 1 aliphatic rings. The number of pyridine rings is 2. The fourth-order valence-electron chi connectivity index (χ4n) is 6.03. The second kappa shape index (κ2) is 13.9. The van der Waals surface area contributed by atoms with Crippen LogP contribution < -0.4 is 14.5 Å². The van der Waals surface area contributed by atoms with Crippen molar-refractivity contribution in [3.8, 4) is 28.7 Å². The first-order chi connectivity index (χ1) is 22.7. The van der Waals surface area contributed by atoms with E-state index >= 15 is 0 Å². The Morgan fingerprint density at radius 2 is 1.88 bits per heavy atom. The fraction of sp³-hybridized carbons (Fsp3) is 0.500. The topological polar surface area (TPSA) is 146 Å². The Morgan fingerprint density at radius 1 is 1.10 bits per heavy atom. The maximum Gasteiger partial charge on any atom is 0.433 e. The van der Waals surface area contributed by atoms with Crippen molar-refractivity contribution < 1.29 is 32.5 Å². The van der Waals surface area contributed by atoms with Crippen LogP contribution in [-0.2, 0) is 15.7 Å². The van der Waals surface area contributed by atoms with Crippen molar-refractivity contribution in [2.24, 2.45) is 5.41 Å². The van der Waals surface area contributed by atoms with Gasteiger partial charge in [-0.05, 0) is 26.0 Å². The number of H-pyrrole nitrogens is 1. The van der Waals surface area contributed by atoms with Gasteiger partial charge < -0.3 is 29.4 Å². The zero-order valence-corrected chi connectivity index (χ0v) is 27.8. The smallest absolute Gasteiger partial charge is 0.433 e. The summed E-state index contributed by atoms with van der Waals surface area (Å²) in [4.78, 5) is 42.7. The van der Waals surface area contributed by atoms with Crippen molar-refractivity contribution in [2.45, 2.75) is 39.9 Å². The van der Waals surface area contributed by atoms with E-state index < -0.39 is 17.8 Å². The van der Waals surface area contributed by atoms with Crippen molar-refractivity contribution in [3.63, 3.8) is 0 Å². The van der Waals surface area contributed by atoms with E-state index in [-0.39, 0.29) is 47.4 Å². The Bertz CT molecular complexity index is 1750. The third-order valence-electron chi connectivity index (χ3n) is 7.98. The van der Waals surface area contributed by atoms with Gasteiger partial charge in [0.2, 0.25) is 5.88 Å². The number of fused-ring (bicyclic) bond motifs is 1. The van der Waals surface area contributed by atoms with Gasteiger partial charge >= 0.3 is 12.1 Å². The molecule has 0 amide bonds.